The highest BCUT2D eigenvalue weighted by atomic mass is 35.5. The number of carbonyl (C=O) groups is 1. The number of hydrogen-bond donors (Lipinski definition) is 1. The van der Waals surface area contributed by atoms with E-state index in [1.165, 1.54) is 0 Å². The van der Waals surface area contributed by atoms with Gasteiger partial charge < -0.3 is 9.88 Å². The van der Waals surface area contributed by atoms with Gasteiger partial charge in [-0.05, 0) is 30.3 Å². The van der Waals surface area contributed by atoms with Gasteiger partial charge in [0.25, 0.3) is 0 Å². The molecule has 4 rings (SSSR count). The molecule has 0 aliphatic carbocycles. The summed E-state index contributed by atoms with van der Waals surface area (Å²) in [5.74, 6) is 0.788. The molecule has 1 saturated heterocycles. The second-order valence-electron chi connectivity index (χ2n) is 6.50. The third kappa shape index (κ3) is 3.86. The fraction of sp³-hybridized carbons (Fsp3) is 0.316. The molecule has 0 radical (unpaired) electrons. The lowest BCUT2D eigenvalue weighted by atomic mass is 10.2. The van der Waals surface area contributed by atoms with Gasteiger partial charge in [-0.1, -0.05) is 17.7 Å². The van der Waals surface area contributed by atoms with Crippen molar-refractivity contribution in [3.8, 4) is 0 Å². The lowest BCUT2D eigenvalue weighted by Gasteiger charge is -2.34. The van der Waals surface area contributed by atoms with Crippen molar-refractivity contribution in [3.05, 3.63) is 59.1 Å². The van der Waals surface area contributed by atoms with Crippen LogP contribution in [0.1, 0.15) is 11.5 Å². The van der Waals surface area contributed by atoms with Crippen LogP contribution >= 0.6 is 11.6 Å². The Morgan fingerprint density at radius 3 is 2.77 bits per heavy atom. The third-order valence-corrected chi connectivity index (χ3v) is 4.88. The predicted octanol–water partition coefficient (Wildman–Crippen LogP) is 2.50. The third-order valence-electron chi connectivity index (χ3n) is 4.65. The number of imidazole rings is 1. The summed E-state index contributed by atoms with van der Waals surface area (Å²) in [7, 11) is 0. The molecule has 7 heteroatoms. The first-order valence-corrected chi connectivity index (χ1v) is 9.09. The van der Waals surface area contributed by atoms with Crippen molar-refractivity contribution in [2.24, 2.45) is 0 Å². The van der Waals surface area contributed by atoms with Crippen LogP contribution in [0.3, 0.4) is 0 Å². The number of fused-ring (bicyclic) bond motifs is 1. The zero-order chi connectivity index (χ0) is 17.9. The molecule has 6 nitrogen and oxygen atoms in total. The number of aromatic amines is 1. The quantitative estimate of drug-likeness (QED) is 0.767. The number of pyridine rings is 1. The first kappa shape index (κ1) is 17.0. The van der Waals surface area contributed by atoms with Crippen molar-refractivity contribution >= 4 is 28.5 Å². The van der Waals surface area contributed by atoms with Crippen LogP contribution in [0.2, 0.25) is 5.02 Å². The van der Waals surface area contributed by atoms with Gasteiger partial charge in [-0.3, -0.25) is 14.7 Å². The molecule has 1 aromatic carbocycles. The number of rotatable bonds is 4. The van der Waals surface area contributed by atoms with Gasteiger partial charge in [0.05, 0.1) is 23.1 Å². The summed E-state index contributed by atoms with van der Waals surface area (Å²) in [6.45, 7) is 4.01. The average Bonchev–Trinajstić information content (AvgIpc) is 3.04. The van der Waals surface area contributed by atoms with Crippen LogP contribution in [0, 0.1) is 0 Å². The van der Waals surface area contributed by atoms with E-state index in [-0.39, 0.29) is 12.3 Å². The maximum atomic E-state index is 12.6. The molecule has 0 atom stereocenters. The molecule has 1 N–H and O–H groups in total. The summed E-state index contributed by atoms with van der Waals surface area (Å²) in [5, 5.41) is 0.656. The Balaban J connectivity index is 1.33. The van der Waals surface area contributed by atoms with E-state index in [1.54, 1.807) is 6.07 Å². The smallest absolute Gasteiger partial charge is 0.230 e. The number of carbonyl (C=O) groups excluding carboxylic acids is 1. The minimum absolute atomic E-state index is 0.104. The molecule has 1 fully saturated rings. The Morgan fingerprint density at radius 2 is 2.00 bits per heavy atom. The summed E-state index contributed by atoms with van der Waals surface area (Å²) in [4.78, 5) is 28.9. The molecule has 0 bridgehead atoms. The molecular weight excluding hydrogens is 350 g/mol. The van der Waals surface area contributed by atoms with Gasteiger partial charge in [0.15, 0.2) is 0 Å². The van der Waals surface area contributed by atoms with E-state index < -0.39 is 0 Å². The maximum Gasteiger partial charge on any atom is 0.230 e. The van der Waals surface area contributed by atoms with Crippen molar-refractivity contribution in [3.63, 3.8) is 0 Å². The largest absolute Gasteiger partial charge is 0.342 e. The molecule has 134 valence electrons. The van der Waals surface area contributed by atoms with Crippen LogP contribution in [0.4, 0.5) is 0 Å². The molecule has 2 aromatic heterocycles. The Morgan fingerprint density at radius 1 is 1.15 bits per heavy atom. The topological polar surface area (TPSA) is 65.1 Å². The van der Waals surface area contributed by atoms with E-state index in [0.717, 1.165) is 49.5 Å². The summed E-state index contributed by atoms with van der Waals surface area (Å²) >= 11 is 6.00. The summed E-state index contributed by atoms with van der Waals surface area (Å²) < 4.78 is 0. The minimum Gasteiger partial charge on any atom is -0.342 e. The van der Waals surface area contributed by atoms with Crippen molar-refractivity contribution in [1.29, 1.82) is 0 Å². The lowest BCUT2D eigenvalue weighted by Crippen LogP contribution is -2.48. The Hall–Kier alpha value is -2.44. The summed E-state index contributed by atoms with van der Waals surface area (Å²) in [6.07, 6.45) is 2.10. The first-order valence-electron chi connectivity index (χ1n) is 8.71. The fourth-order valence-corrected chi connectivity index (χ4v) is 3.42. The van der Waals surface area contributed by atoms with Crippen molar-refractivity contribution in [2.45, 2.75) is 13.0 Å². The maximum absolute atomic E-state index is 12.6. The highest BCUT2D eigenvalue weighted by Crippen LogP contribution is 2.18. The zero-order valence-corrected chi connectivity index (χ0v) is 15.1. The van der Waals surface area contributed by atoms with Crippen molar-refractivity contribution < 1.29 is 4.79 Å². The monoisotopic (exact) mass is 369 g/mol. The van der Waals surface area contributed by atoms with Gasteiger partial charge in [-0.2, -0.15) is 0 Å². The molecular formula is C19H20ClN5O. The van der Waals surface area contributed by atoms with E-state index in [1.807, 2.05) is 41.4 Å². The summed E-state index contributed by atoms with van der Waals surface area (Å²) in [6, 6.07) is 11.4. The molecule has 1 aliphatic heterocycles. The van der Waals surface area contributed by atoms with E-state index in [4.69, 9.17) is 11.6 Å². The number of H-pyrrole nitrogens is 1. The van der Waals surface area contributed by atoms with Gasteiger partial charge in [-0.25, -0.2) is 4.98 Å². The molecule has 0 unspecified atom stereocenters. The minimum atomic E-state index is 0.104. The van der Waals surface area contributed by atoms with Crippen LogP contribution < -0.4 is 0 Å². The van der Waals surface area contributed by atoms with Crippen LogP contribution in [0.15, 0.2) is 42.6 Å². The Bertz CT molecular complexity index is 903. The predicted molar refractivity (Wildman–Crippen MR) is 101 cm³/mol. The molecule has 26 heavy (non-hydrogen) atoms. The van der Waals surface area contributed by atoms with Crippen molar-refractivity contribution in [1.82, 2.24) is 24.8 Å². The molecule has 0 spiro atoms. The van der Waals surface area contributed by atoms with Crippen LogP contribution in [-0.4, -0.2) is 56.8 Å². The normalized spacial score (nSPS) is 15.5. The number of hydrogen-bond acceptors (Lipinski definition) is 4. The second kappa shape index (κ2) is 7.43. The van der Waals surface area contributed by atoms with Crippen LogP contribution in [-0.2, 0) is 17.8 Å². The van der Waals surface area contributed by atoms with Gasteiger partial charge in [0.2, 0.25) is 5.91 Å². The number of amides is 1. The Kier molecular flexibility index (Phi) is 4.86. The molecule has 3 aromatic rings. The number of nitrogens with one attached hydrogen (secondary N) is 1. The van der Waals surface area contributed by atoms with Gasteiger partial charge in [0, 0.05) is 43.9 Å². The van der Waals surface area contributed by atoms with Crippen LogP contribution in [0.5, 0.6) is 0 Å². The second-order valence-corrected chi connectivity index (χ2v) is 6.94. The number of benzene rings is 1. The number of nitrogens with zero attached hydrogens (tertiary/aromatic N) is 4. The van der Waals surface area contributed by atoms with E-state index in [0.29, 0.717) is 10.8 Å². The van der Waals surface area contributed by atoms with Crippen LogP contribution in [0.25, 0.3) is 11.0 Å². The first-order chi connectivity index (χ1) is 12.7. The van der Waals surface area contributed by atoms with E-state index in [9.17, 15) is 4.79 Å². The van der Waals surface area contributed by atoms with Crippen molar-refractivity contribution in [2.75, 3.05) is 26.2 Å². The highest BCUT2D eigenvalue weighted by Gasteiger charge is 2.22. The van der Waals surface area contributed by atoms with Gasteiger partial charge in [0.1, 0.15) is 5.82 Å². The lowest BCUT2D eigenvalue weighted by molar-refractivity contribution is -0.132. The molecule has 1 amide bonds. The number of halogens is 1. The highest BCUT2D eigenvalue weighted by molar-refractivity contribution is 6.31. The molecule has 3 heterocycles. The SMILES string of the molecule is O=C(Cc1nc2ccc(Cl)cc2[nH]1)N1CCN(Cc2ccccn2)CC1. The summed E-state index contributed by atoms with van der Waals surface area (Å²) in [5.41, 5.74) is 2.76. The standard InChI is InChI=1S/C19H20ClN5O/c20-14-4-5-16-17(11-14)23-18(22-16)12-19(26)25-9-7-24(8-10-25)13-15-3-1-2-6-21-15/h1-6,11H,7-10,12-13H2,(H,22,23). The van der Waals surface area contributed by atoms with Gasteiger partial charge >= 0.3 is 0 Å². The van der Waals surface area contributed by atoms with E-state index >= 15 is 0 Å². The zero-order valence-electron chi connectivity index (χ0n) is 14.4. The fourth-order valence-electron chi connectivity index (χ4n) is 3.25. The molecule has 1 aliphatic rings. The number of piperazine rings is 1. The number of aromatic nitrogens is 3. The average molecular weight is 370 g/mol. The Labute approximate surface area is 156 Å². The molecule has 0 saturated carbocycles. The van der Waals surface area contributed by atoms with Gasteiger partial charge in [-0.15, -0.1) is 0 Å². The van der Waals surface area contributed by atoms with E-state index in [2.05, 4.69) is 19.9 Å².